The molecule has 1 N–H and O–H groups in total. The van der Waals surface area contributed by atoms with Crippen LogP contribution in [0.3, 0.4) is 0 Å². The van der Waals surface area contributed by atoms with Crippen LogP contribution in [0.1, 0.15) is 25.6 Å². The van der Waals surface area contributed by atoms with Gasteiger partial charge >= 0.3 is 0 Å². The summed E-state index contributed by atoms with van der Waals surface area (Å²) in [5.74, 6) is 1.26. The zero-order valence-electron chi connectivity index (χ0n) is 14.3. The molecule has 0 radical (unpaired) electrons. The molecule has 25 heavy (non-hydrogen) atoms. The molecule has 1 aliphatic heterocycles. The fraction of sp³-hybridized carbons (Fsp3) is 0.562. The SMILES string of the molecule is C[C@H](CNC(=O)Cn1nnnc1CN1CCCC1)Oc1cccnc1. The summed E-state index contributed by atoms with van der Waals surface area (Å²) in [6, 6.07) is 3.64. The number of nitrogens with one attached hydrogen (secondary N) is 1. The Morgan fingerprint density at radius 1 is 1.40 bits per heavy atom. The zero-order chi connectivity index (χ0) is 17.5. The lowest BCUT2D eigenvalue weighted by Gasteiger charge is -2.16. The number of hydrogen-bond donors (Lipinski definition) is 1. The van der Waals surface area contributed by atoms with Crippen LogP contribution in [0.25, 0.3) is 0 Å². The minimum absolute atomic E-state index is 0.107. The Bertz CT molecular complexity index is 670. The van der Waals surface area contributed by atoms with Gasteiger partial charge in [-0.25, -0.2) is 4.68 Å². The number of aromatic nitrogens is 5. The predicted octanol–water partition coefficient (Wildman–Crippen LogP) is 0.248. The molecule has 0 aliphatic carbocycles. The maximum Gasteiger partial charge on any atom is 0.242 e. The van der Waals surface area contributed by atoms with Gasteiger partial charge in [-0.1, -0.05) is 0 Å². The Kier molecular flexibility index (Phi) is 5.89. The molecule has 1 aliphatic rings. The maximum atomic E-state index is 12.1. The van der Waals surface area contributed by atoms with E-state index in [0.717, 1.165) is 18.9 Å². The van der Waals surface area contributed by atoms with E-state index >= 15 is 0 Å². The highest BCUT2D eigenvalue weighted by Crippen LogP contribution is 2.10. The number of tetrazole rings is 1. The van der Waals surface area contributed by atoms with E-state index in [2.05, 4.69) is 30.7 Å². The average molecular weight is 345 g/mol. The molecule has 1 atom stereocenters. The standard InChI is InChI=1S/C16H23N7O2/c1-13(25-14-5-4-6-17-10-14)9-18-16(24)12-23-15(19-20-21-23)11-22-7-2-3-8-22/h4-6,10,13H,2-3,7-9,11-12H2,1H3,(H,18,24)/t13-/m1/s1. The van der Waals surface area contributed by atoms with Gasteiger partial charge in [-0.3, -0.25) is 14.7 Å². The minimum Gasteiger partial charge on any atom is -0.487 e. The number of hydrogen-bond acceptors (Lipinski definition) is 7. The topological polar surface area (TPSA) is 98.1 Å². The van der Waals surface area contributed by atoms with Crippen molar-refractivity contribution in [3.8, 4) is 5.75 Å². The Balaban J connectivity index is 1.44. The molecule has 2 aromatic heterocycles. The van der Waals surface area contributed by atoms with Crippen LogP contribution in [-0.2, 0) is 17.9 Å². The quantitative estimate of drug-likeness (QED) is 0.732. The second-order valence-electron chi connectivity index (χ2n) is 6.16. The lowest BCUT2D eigenvalue weighted by atomic mass is 10.3. The third-order valence-electron chi connectivity index (χ3n) is 4.02. The first-order valence-electron chi connectivity index (χ1n) is 8.51. The average Bonchev–Trinajstić information content (AvgIpc) is 3.27. The highest BCUT2D eigenvalue weighted by atomic mass is 16.5. The van der Waals surface area contributed by atoms with Gasteiger partial charge in [0.1, 0.15) is 18.4 Å². The molecular weight excluding hydrogens is 322 g/mol. The number of nitrogens with zero attached hydrogens (tertiary/aromatic N) is 6. The molecule has 3 heterocycles. The monoisotopic (exact) mass is 345 g/mol. The molecular formula is C16H23N7O2. The number of rotatable bonds is 8. The Hall–Kier alpha value is -2.55. The normalized spacial score (nSPS) is 15.9. The van der Waals surface area contributed by atoms with Gasteiger partial charge in [0.2, 0.25) is 5.91 Å². The van der Waals surface area contributed by atoms with Crippen molar-refractivity contribution in [2.24, 2.45) is 0 Å². The summed E-state index contributed by atoms with van der Waals surface area (Å²) in [7, 11) is 0. The maximum absolute atomic E-state index is 12.1. The van der Waals surface area contributed by atoms with Gasteiger partial charge in [-0.05, 0) is 55.4 Å². The number of ether oxygens (including phenoxy) is 1. The van der Waals surface area contributed by atoms with E-state index in [0.29, 0.717) is 18.8 Å². The number of amides is 1. The zero-order valence-corrected chi connectivity index (χ0v) is 14.3. The van der Waals surface area contributed by atoms with Crippen molar-refractivity contribution < 1.29 is 9.53 Å². The van der Waals surface area contributed by atoms with Gasteiger partial charge in [0.05, 0.1) is 19.3 Å². The van der Waals surface area contributed by atoms with Gasteiger partial charge < -0.3 is 10.1 Å². The summed E-state index contributed by atoms with van der Waals surface area (Å²) in [4.78, 5) is 18.4. The number of pyridine rings is 1. The lowest BCUT2D eigenvalue weighted by molar-refractivity contribution is -0.122. The van der Waals surface area contributed by atoms with E-state index in [-0.39, 0.29) is 18.6 Å². The summed E-state index contributed by atoms with van der Waals surface area (Å²) < 4.78 is 7.24. The largest absolute Gasteiger partial charge is 0.487 e. The molecule has 1 saturated heterocycles. The minimum atomic E-state index is -0.161. The molecule has 134 valence electrons. The van der Waals surface area contributed by atoms with Crippen LogP contribution in [0.5, 0.6) is 5.75 Å². The van der Waals surface area contributed by atoms with Crippen LogP contribution < -0.4 is 10.1 Å². The third-order valence-corrected chi connectivity index (χ3v) is 4.02. The fourth-order valence-electron chi connectivity index (χ4n) is 2.74. The number of likely N-dealkylation sites (tertiary alicyclic amines) is 1. The molecule has 0 spiro atoms. The molecule has 9 nitrogen and oxygen atoms in total. The van der Waals surface area contributed by atoms with Crippen molar-refractivity contribution in [1.29, 1.82) is 0 Å². The summed E-state index contributed by atoms with van der Waals surface area (Å²) in [5, 5.41) is 14.5. The first kappa shape index (κ1) is 17.3. The molecule has 3 rings (SSSR count). The van der Waals surface area contributed by atoms with E-state index in [1.54, 1.807) is 23.1 Å². The smallest absolute Gasteiger partial charge is 0.242 e. The highest BCUT2D eigenvalue weighted by Gasteiger charge is 2.17. The van der Waals surface area contributed by atoms with Gasteiger partial charge in [0.15, 0.2) is 5.82 Å². The van der Waals surface area contributed by atoms with Crippen LogP contribution in [0.4, 0.5) is 0 Å². The first-order valence-corrected chi connectivity index (χ1v) is 8.51. The van der Waals surface area contributed by atoms with Crippen molar-refractivity contribution in [3.63, 3.8) is 0 Å². The van der Waals surface area contributed by atoms with Gasteiger partial charge in [-0.2, -0.15) is 0 Å². The molecule has 2 aromatic rings. The van der Waals surface area contributed by atoms with Crippen LogP contribution in [0.2, 0.25) is 0 Å². The van der Waals surface area contributed by atoms with Gasteiger partial charge in [0.25, 0.3) is 0 Å². The van der Waals surface area contributed by atoms with Crippen molar-refractivity contribution >= 4 is 5.91 Å². The fourth-order valence-corrected chi connectivity index (χ4v) is 2.74. The van der Waals surface area contributed by atoms with Crippen molar-refractivity contribution in [1.82, 2.24) is 35.4 Å². The Morgan fingerprint density at radius 3 is 3.00 bits per heavy atom. The third kappa shape index (κ3) is 5.21. The molecule has 1 amide bonds. The predicted molar refractivity (Wildman–Crippen MR) is 89.7 cm³/mol. The van der Waals surface area contributed by atoms with Gasteiger partial charge in [0, 0.05) is 6.20 Å². The van der Waals surface area contributed by atoms with Crippen molar-refractivity contribution in [2.45, 2.75) is 39.0 Å². The summed E-state index contributed by atoms with van der Waals surface area (Å²) in [5.41, 5.74) is 0. The molecule has 9 heteroatoms. The first-order chi connectivity index (χ1) is 12.2. The second kappa shape index (κ2) is 8.52. The van der Waals surface area contributed by atoms with Crippen LogP contribution in [-0.4, -0.2) is 61.7 Å². The number of carbonyl (C=O) groups excluding carboxylic acids is 1. The van der Waals surface area contributed by atoms with E-state index in [9.17, 15) is 4.79 Å². The highest BCUT2D eigenvalue weighted by molar-refractivity contribution is 5.75. The molecule has 0 aromatic carbocycles. The Morgan fingerprint density at radius 2 is 2.24 bits per heavy atom. The second-order valence-corrected chi connectivity index (χ2v) is 6.16. The Labute approximate surface area is 146 Å². The van der Waals surface area contributed by atoms with Crippen LogP contribution in [0.15, 0.2) is 24.5 Å². The lowest BCUT2D eigenvalue weighted by Crippen LogP contribution is -2.36. The van der Waals surface area contributed by atoms with E-state index in [4.69, 9.17) is 4.74 Å². The van der Waals surface area contributed by atoms with Crippen LogP contribution >= 0.6 is 0 Å². The molecule has 1 fully saturated rings. The van der Waals surface area contributed by atoms with Crippen molar-refractivity contribution in [3.05, 3.63) is 30.4 Å². The van der Waals surface area contributed by atoms with E-state index in [1.165, 1.54) is 12.8 Å². The molecule has 0 unspecified atom stereocenters. The van der Waals surface area contributed by atoms with Crippen molar-refractivity contribution in [2.75, 3.05) is 19.6 Å². The summed E-state index contributed by atoms with van der Waals surface area (Å²) in [6.45, 7) is 5.20. The summed E-state index contributed by atoms with van der Waals surface area (Å²) in [6.07, 6.45) is 5.58. The van der Waals surface area contributed by atoms with E-state index < -0.39 is 0 Å². The molecule has 0 bridgehead atoms. The van der Waals surface area contributed by atoms with Gasteiger partial charge in [-0.15, -0.1) is 5.10 Å². The number of carbonyl (C=O) groups is 1. The van der Waals surface area contributed by atoms with E-state index in [1.807, 2.05) is 13.0 Å². The summed E-state index contributed by atoms with van der Waals surface area (Å²) >= 11 is 0. The molecule has 0 saturated carbocycles. The van der Waals surface area contributed by atoms with Crippen LogP contribution in [0, 0.1) is 0 Å².